The van der Waals surface area contributed by atoms with E-state index in [2.05, 4.69) is 80.8 Å². The van der Waals surface area contributed by atoms with Crippen molar-refractivity contribution in [3.8, 4) is 0 Å². The first-order valence-corrected chi connectivity index (χ1v) is 7.66. The largest absolute Gasteiger partial charge is 0.394 e. The summed E-state index contributed by atoms with van der Waals surface area (Å²) in [6.07, 6.45) is 7.71. The lowest BCUT2D eigenvalue weighted by atomic mass is 9.91. The van der Waals surface area contributed by atoms with E-state index in [4.69, 9.17) is 0 Å². The molecule has 0 aliphatic carbocycles. The molecule has 1 unspecified atom stereocenters. The summed E-state index contributed by atoms with van der Waals surface area (Å²) in [6.45, 7) is 6.61. The smallest absolute Gasteiger partial charge is 0.0509 e. The zero-order valence-corrected chi connectivity index (χ0v) is 13.8. The fraction of sp³-hybridized carbons (Fsp3) is 0.368. The third-order valence-electron chi connectivity index (χ3n) is 4.20. The monoisotopic (exact) mass is 282 g/mol. The van der Waals surface area contributed by atoms with Crippen LogP contribution < -0.4 is 5.32 Å². The van der Waals surface area contributed by atoms with E-state index in [1.165, 1.54) is 27.8 Å². The molecule has 1 heterocycles. The summed E-state index contributed by atoms with van der Waals surface area (Å²) in [5.74, 6) is 0. The molecule has 0 aromatic heterocycles. The molecule has 1 aromatic rings. The highest BCUT2D eigenvalue weighted by atomic mass is 15.1. The van der Waals surface area contributed by atoms with Crippen LogP contribution in [0.5, 0.6) is 0 Å². The van der Waals surface area contributed by atoms with Crippen LogP contribution in [-0.2, 0) is 6.42 Å². The summed E-state index contributed by atoms with van der Waals surface area (Å²) in [5.41, 5.74) is 6.61. The van der Waals surface area contributed by atoms with Crippen molar-refractivity contribution < 1.29 is 0 Å². The zero-order chi connectivity index (χ0) is 15.4. The number of allylic oxidation sites excluding steroid dienone is 2. The van der Waals surface area contributed by atoms with Crippen LogP contribution in [0.15, 0.2) is 53.9 Å². The van der Waals surface area contributed by atoms with Crippen LogP contribution in [0.2, 0.25) is 0 Å². The van der Waals surface area contributed by atoms with E-state index in [9.17, 15) is 0 Å². The first-order chi connectivity index (χ1) is 10.1. The summed E-state index contributed by atoms with van der Waals surface area (Å²) in [7, 11) is 4.09. The lowest BCUT2D eigenvalue weighted by molar-refractivity contribution is 0.392. The Bertz CT molecular complexity index is 593. The Kier molecular flexibility index (Phi) is 4.89. The Hall–Kier alpha value is -1.96. The quantitative estimate of drug-likeness (QED) is 0.899. The molecule has 0 bridgehead atoms. The highest BCUT2D eigenvalue weighted by Crippen LogP contribution is 2.30. The minimum absolute atomic E-state index is 0.396. The number of rotatable bonds is 4. The topological polar surface area (TPSA) is 15.3 Å². The number of likely N-dealkylation sites (N-methyl/N-ethyl adjacent to an activating group) is 1. The number of hydrogen-bond acceptors (Lipinski definition) is 2. The zero-order valence-electron chi connectivity index (χ0n) is 13.8. The van der Waals surface area contributed by atoms with Gasteiger partial charge in [0.15, 0.2) is 0 Å². The molecule has 0 radical (unpaired) electrons. The van der Waals surface area contributed by atoms with Crippen molar-refractivity contribution in [2.24, 2.45) is 0 Å². The van der Waals surface area contributed by atoms with Gasteiger partial charge in [-0.25, -0.2) is 0 Å². The summed E-state index contributed by atoms with van der Waals surface area (Å²) in [4.78, 5) is 2.29. The normalized spacial score (nSPS) is 19.2. The molecule has 21 heavy (non-hydrogen) atoms. The van der Waals surface area contributed by atoms with Crippen LogP contribution in [0, 0.1) is 0 Å². The van der Waals surface area contributed by atoms with Crippen molar-refractivity contribution in [3.05, 3.63) is 65.0 Å². The van der Waals surface area contributed by atoms with Crippen molar-refractivity contribution in [1.82, 2.24) is 10.2 Å². The molecule has 1 N–H and O–H groups in total. The molecule has 1 aromatic carbocycles. The van der Waals surface area contributed by atoms with Gasteiger partial charge in [0.05, 0.1) is 6.04 Å². The van der Waals surface area contributed by atoms with Gasteiger partial charge >= 0.3 is 0 Å². The van der Waals surface area contributed by atoms with Gasteiger partial charge in [-0.15, -0.1) is 0 Å². The van der Waals surface area contributed by atoms with Crippen molar-refractivity contribution in [2.45, 2.75) is 33.2 Å². The lowest BCUT2D eigenvalue weighted by Crippen LogP contribution is -2.29. The molecule has 1 atom stereocenters. The van der Waals surface area contributed by atoms with E-state index in [1.807, 2.05) is 7.05 Å². The standard InChI is InChI=1S/C19H26N2/c1-6-16-8-7-9-17(10-16)18-11-19(14(2)12-20-4)15(3)21(5)13-18/h7-13,15,20H,6H2,1-5H3/b14-12-. The van der Waals surface area contributed by atoms with Crippen LogP contribution in [0.4, 0.5) is 0 Å². The Morgan fingerprint density at radius 1 is 1.38 bits per heavy atom. The molecule has 112 valence electrons. The van der Waals surface area contributed by atoms with E-state index >= 15 is 0 Å². The summed E-state index contributed by atoms with van der Waals surface area (Å²) >= 11 is 0. The number of aryl methyl sites for hydroxylation is 1. The van der Waals surface area contributed by atoms with E-state index in [-0.39, 0.29) is 0 Å². The summed E-state index contributed by atoms with van der Waals surface area (Å²) in [5, 5.41) is 3.13. The number of nitrogens with zero attached hydrogens (tertiary/aromatic N) is 1. The van der Waals surface area contributed by atoms with Crippen molar-refractivity contribution in [2.75, 3.05) is 14.1 Å². The first kappa shape index (κ1) is 15.4. The predicted molar refractivity (Wildman–Crippen MR) is 91.9 cm³/mol. The fourth-order valence-corrected chi connectivity index (χ4v) is 2.75. The molecule has 0 saturated heterocycles. The highest BCUT2D eigenvalue weighted by Gasteiger charge is 2.19. The molecular formula is C19H26N2. The van der Waals surface area contributed by atoms with E-state index in [0.29, 0.717) is 6.04 Å². The third-order valence-corrected chi connectivity index (χ3v) is 4.20. The average molecular weight is 282 g/mol. The Morgan fingerprint density at radius 3 is 2.81 bits per heavy atom. The average Bonchev–Trinajstić information content (AvgIpc) is 2.50. The summed E-state index contributed by atoms with van der Waals surface area (Å²) in [6, 6.07) is 9.22. The van der Waals surface area contributed by atoms with Gasteiger partial charge in [-0.2, -0.15) is 0 Å². The van der Waals surface area contributed by atoms with E-state index in [1.54, 1.807) is 0 Å². The van der Waals surface area contributed by atoms with Crippen LogP contribution in [0.3, 0.4) is 0 Å². The SMILES string of the molecule is CCc1cccc(C2=CN(C)C(C)C(/C(C)=C\NC)=C2)c1. The molecule has 2 rings (SSSR count). The van der Waals surface area contributed by atoms with E-state index in [0.717, 1.165) is 6.42 Å². The molecule has 1 aliphatic rings. The Labute approximate surface area is 128 Å². The van der Waals surface area contributed by atoms with Gasteiger partial charge in [-0.1, -0.05) is 31.2 Å². The number of nitrogens with one attached hydrogen (secondary N) is 1. The minimum atomic E-state index is 0.396. The van der Waals surface area contributed by atoms with Gasteiger partial charge in [0.25, 0.3) is 0 Å². The number of benzene rings is 1. The van der Waals surface area contributed by atoms with Gasteiger partial charge < -0.3 is 10.2 Å². The first-order valence-electron chi connectivity index (χ1n) is 7.66. The molecule has 2 heteroatoms. The van der Waals surface area contributed by atoms with Crippen LogP contribution in [0.1, 0.15) is 31.9 Å². The molecule has 0 amide bonds. The van der Waals surface area contributed by atoms with Gasteiger partial charge in [-0.3, -0.25) is 0 Å². The van der Waals surface area contributed by atoms with Crippen molar-refractivity contribution >= 4 is 5.57 Å². The fourth-order valence-electron chi connectivity index (χ4n) is 2.75. The highest BCUT2D eigenvalue weighted by molar-refractivity contribution is 5.77. The molecule has 2 nitrogen and oxygen atoms in total. The predicted octanol–water partition coefficient (Wildman–Crippen LogP) is 3.97. The maximum absolute atomic E-state index is 3.13. The minimum Gasteiger partial charge on any atom is -0.394 e. The second-order valence-corrected chi connectivity index (χ2v) is 5.70. The molecule has 0 spiro atoms. The van der Waals surface area contributed by atoms with Crippen LogP contribution in [0.25, 0.3) is 5.57 Å². The molecular weight excluding hydrogens is 256 g/mol. The van der Waals surface area contributed by atoms with Crippen molar-refractivity contribution in [1.29, 1.82) is 0 Å². The Morgan fingerprint density at radius 2 is 2.14 bits per heavy atom. The molecule has 0 fully saturated rings. The summed E-state index contributed by atoms with van der Waals surface area (Å²) < 4.78 is 0. The molecule has 1 aliphatic heterocycles. The van der Waals surface area contributed by atoms with Gasteiger partial charge in [-0.05, 0) is 60.4 Å². The Balaban J connectivity index is 2.43. The molecule has 0 saturated carbocycles. The lowest BCUT2D eigenvalue weighted by Gasteiger charge is -2.31. The van der Waals surface area contributed by atoms with Crippen LogP contribution in [-0.4, -0.2) is 25.0 Å². The van der Waals surface area contributed by atoms with Gasteiger partial charge in [0.2, 0.25) is 0 Å². The maximum Gasteiger partial charge on any atom is 0.0509 e. The maximum atomic E-state index is 3.13. The van der Waals surface area contributed by atoms with Crippen LogP contribution >= 0.6 is 0 Å². The van der Waals surface area contributed by atoms with Crippen molar-refractivity contribution in [3.63, 3.8) is 0 Å². The van der Waals surface area contributed by atoms with Gasteiger partial charge in [0.1, 0.15) is 0 Å². The second kappa shape index (κ2) is 6.66. The van der Waals surface area contributed by atoms with Gasteiger partial charge in [0, 0.05) is 20.3 Å². The van der Waals surface area contributed by atoms with E-state index < -0.39 is 0 Å². The number of hydrogen-bond donors (Lipinski definition) is 1. The third kappa shape index (κ3) is 3.38. The second-order valence-electron chi connectivity index (χ2n) is 5.70.